The summed E-state index contributed by atoms with van der Waals surface area (Å²) in [7, 11) is 0. The van der Waals surface area contributed by atoms with Gasteiger partial charge in [-0.3, -0.25) is 4.79 Å². The quantitative estimate of drug-likeness (QED) is 0.374. The van der Waals surface area contributed by atoms with E-state index < -0.39 is 11.2 Å². The van der Waals surface area contributed by atoms with Crippen LogP contribution in [-0.4, -0.2) is 17.8 Å². The second-order valence-corrected chi connectivity index (χ2v) is 3.20. The number of esters is 1. The summed E-state index contributed by atoms with van der Waals surface area (Å²) in [5.41, 5.74) is 6.27. The third-order valence-electron chi connectivity index (χ3n) is 2.00. The van der Waals surface area contributed by atoms with Crippen LogP contribution in [0.1, 0.15) is 12.5 Å². The molecule has 1 aromatic rings. The Labute approximate surface area is 92.8 Å². The van der Waals surface area contributed by atoms with Gasteiger partial charge in [0.05, 0.1) is 13.0 Å². The summed E-state index contributed by atoms with van der Waals surface area (Å²) in [6.07, 6.45) is -0.0598. The molecule has 0 aromatic heterocycles. The van der Waals surface area contributed by atoms with Crippen molar-refractivity contribution in [2.75, 3.05) is 12.3 Å². The van der Waals surface area contributed by atoms with E-state index in [-0.39, 0.29) is 18.7 Å². The summed E-state index contributed by atoms with van der Waals surface area (Å²) in [6, 6.07) is 4.41. The van der Waals surface area contributed by atoms with Gasteiger partial charge in [-0.15, -0.1) is 0 Å². The fourth-order valence-electron chi connectivity index (χ4n) is 1.31. The Bertz CT molecular complexity index is 379. The molecule has 1 unspecified atom stereocenters. The fraction of sp³-hybridized carbons (Fsp3) is 0.300. The van der Waals surface area contributed by atoms with Crippen molar-refractivity contribution in [2.24, 2.45) is 0 Å². The predicted molar refractivity (Wildman–Crippen MR) is 57.0 cm³/mol. The molecule has 1 aromatic carbocycles. The van der Waals surface area contributed by atoms with Crippen LogP contribution in [0.25, 0.3) is 0 Å². The molecule has 0 radical (unpaired) electrons. The van der Waals surface area contributed by atoms with Gasteiger partial charge in [-0.05, 0) is 13.0 Å². The van der Waals surface area contributed by atoms with E-state index in [1.165, 1.54) is 12.1 Å². The smallest absolute Gasteiger partial charge is 0.310 e. The Morgan fingerprint density at radius 1 is 1.62 bits per heavy atom. The lowest BCUT2D eigenvalue weighted by Crippen LogP contribution is -2.99. The number of anilines is 1. The number of rotatable bonds is 4. The molecule has 0 fully saturated rings. The maximum Gasteiger partial charge on any atom is 0.310 e. The average molecular weight is 226 g/mol. The van der Waals surface area contributed by atoms with Crippen LogP contribution in [0.5, 0.6) is 0 Å². The molecule has 4 N–H and O–H groups in total. The topological polar surface area (TPSA) is 100 Å². The summed E-state index contributed by atoms with van der Waals surface area (Å²) in [6.45, 7) is 1.97. The number of quaternary nitrogens is 1. The van der Waals surface area contributed by atoms with E-state index >= 15 is 0 Å². The number of nitrogen functional groups attached to an aromatic ring is 1. The van der Waals surface area contributed by atoms with Crippen molar-refractivity contribution in [2.45, 2.75) is 13.3 Å². The summed E-state index contributed by atoms with van der Waals surface area (Å²) in [4.78, 5) is 11.2. The second kappa shape index (κ2) is 5.45. The van der Waals surface area contributed by atoms with Crippen LogP contribution >= 0.6 is 0 Å². The molecular formula is C10H14N2O4. The van der Waals surface area contributed by atoms with Crippen LogP contribution in [0, 0.1) is 5.21 Å². The normalized spacial score (nSPS) is 12.2. The standard InChI is InChI=1S/C10H14N2O4/c1-2-16-10(13)5-7-3-4-8(11)6-9(7)12(14)15/h3-4,6,12,14H,2,5,11H2,1H3. The third kappa shape index (κ3) is 3.20. The summed E-state index contributed by atoms with van der Waals surface area (Å²) >= 11 is 0. The molecule has 0 aliphatic rings. The van der Waals surface area contributed by atoms with Crippen LogP contribution in [0.3, 0.4) is 0 Å². The van der Waals surface area contributed by atoms with E-state index in [0.717, 1.165) is 0 Å². The zero-order valence-corrected chi connectivity index (χ0v) is 8.90. The van der Waals surface area contributed by atoms with Crippen molar-refractivity contribution in [3.05, 3.63) is 29.0 Å². The number of hydrogen-bond donors (Lipinski definition) is 3. The van der Waals surface area contributed by atoms with Crippen LogP contribution in [0.2, 0.25) is 0 Å². The van der Waals surface area contributed by atoms with Crippen LogP contribution in [0.4, 0.5) is 11.4 Å². The number of benzene rings is 1. The molecule has 0 aliphatic carbocycles. The highest BCUT2D eigenvalue weighted by Crippen LogP contribution is 2.16. The molecule has 88 valence electrons. The summed E-state index contributed by atoms with van der Waals surface area (Å²) < 4.78 is 4.75. The highest BCUT2D eigenvalue weighted by molar-refractivity contribution is 5.74. The first kappa shape index (κ1) is 12.4. The van der Waals surface area contributed by atoms with Crippen molar-refractivity contribution in [1.82, 2.24) is 0 Å². The largest absolute Gasteiger partial charge is 0.595 e. The first-order valence-electron chi connectivity index (χ1n) is 4.82. The van der Waals surface area contributed by atoms with Crippen LogP contribution in [-0.2, 0) is 16.0 Å². The van der Waals surface area contributed by atoms with Gasteiger partial charge in [-0.1, -0.05) is 6.07 Å². The monoisotopic (exact) mass is 226 g/mol. The lowest BCUT2D eigenvalue weighted by molar-refractivity contribution is -0.991. The number of hydrogen-bond acceptors (Lipinski definition) is 5. The number of ether oxygens (including phenoxy) is 1. The zero-order valence-electron chi connectivity index (χ0n) is 8.90. The maximum atomic E-state index is 11.2. The summed E-state index contributed by atoms with van der Waals surface area (Å²) in [5, 5.41) is 18.7. The maximum absolute atomic E-state index is 11.2. The molecule has 0 spiro atoms. The average Bonchev–Trinajstić information content (AvgIpc) is 2.20. The molecule has 0 amide bonds. The zero-order chi connectivity index (χ0) is 12.1. The van der Waals surface area contributed by atoms with Crippen molar-refractivity contribution in [1.29, 1.82) is 0 Å². The van der Waals surface area contributed by atoms with Gasteiger partial charge in [0, 0.05) is 17.3 Å². The number of nitrogens with one attached hydrogen (secondary N) is 1. The van der Waals surface area contributed by atoms with E-state index in [0.29, 0.717) is 11.3 Å². The van der Waals surface area contributed by atoms with Gasteiger partial charge in [-0.2, -0.15) is 5.23 Å². The molecule has 16 heavy (non-hydrogen) atoms. The number of carbonyl (C=O) groups excluding carboxylic acids is 1. The van der Waals surface area contributed by atoms with E-state index in [1.54, 1.807) is 13.0 Å². The Balaban J connectivity index is 2.90. The highest BCUT2D eigenvalue weighted by atomic mass is 16.8. The van der Waals surface area contributed by atoms with Crippen LogP contribution in [0.15, 0.2) is 18.2 Å². The summed E-state index contributed by atoms with van der Waals surface area (Å²) in [5.74, 6) is -0.449. The van der Waals surface area contributed by atoms with Crippen molar-refractivity contribution in [3.63, 3.8) is 0 Å². The lowest BCUT2D eigenvalue weighted by atomic mass is 10.1. The lowest BCUT2D eigenvalue weighted by Gasteiger charge is -2.15. The van der Waals surface area contributed by atoms with Gasteiger partial charge >= 0.3 is 5.97 Å². The molecule has 0 aliphatic heterocycles. The Morgan fingerprint density at radius 2 is 2.31 bits per heavy atom. The molecule has 0 saturated carbocycles. The van der Waals surface area contributed by atoms with Gasteiger partial charge in [0.25, 0.3) is 0 Å². The van der Waals surface area contributed by atoms with E-state index in [4.69, 9.17) is 15.7 Å². The van der Waals surface area contributed by atoms with E-state index in [9.17, 15) is 10.0 Å². The number of carbonyl (C=O) groups is 1. The van der Waals surface area contributed by atoms with Gasteiger partial charge in [-0.25, -0.2) is 5.21 Å². The fourth-order valence-corrected chi connectivity index (χ4v) is 1.31. The van der Waals surface area contributed by atoms with Crippen LogP contribution < -0.4 is 11.0 Å². The minimum absolute atomic E-state index is 0.0352. The highest BCUT2D eigenvalue weighted by Gasteiger charge is 2.13. The number of nitrogens with two attached hydrogens (primary N) is 1. The molecule has 6 nitrogen and oxygen atoms in total. The van der Waals surface area contributed by atoms with Crippen molar-refractivity contribution < 1.29 is 20.0 Å². The molecule has 0 heterocycles. The minimum Gasteiger partial charge on any atom is -0.595 e. The molecule has 0 bridgehead atoms. The van der Waals surface area contributed by atoms with Crippen molar-refractivity contribution >= 4 is 17.3 Å². The SMILES string of the molecule is CCOC(=O)Cc1ccc(N)cc1[NH+]([O-])O. The minimum atomic E-state index is -1.11. The van der Waals surface area contributed by atoms with Gasteiger partial charge < -0.3 is 15.7 Å². The Hall–Kier alpha value is -1.63. The second-order valence-electron chi connectivity index (χ2n) is 3.20. The molecule has 0 saturated heterocycles. The Kier molecular flexibility index (Phi) is 4.24. The molecule has 1 atom stereocenters. The Morgan fingerprint density at radius 3 is 2.88 bits per heavy atom. The first-order valence-corrected chi connectivity index (χ1v) is 4.82. The molecule has 6 heteroatoms. The van der Waals surface area contributed by atoms with Crippen molar-refractivity contribution in [3.8, 4) is 0 Å². The third-order valence-corrected chi connectivity index (χ3v) is 2.00. The van der Waals surface area contributed by atoms with Gasteiger partial charge in [0.1, 0.15) is 0 Å². The van der Waals surface area contributed by atoms with E-state index in [1.807, 2.05) is 0 Å². The molecular weight excluding hydrogens is 212 g/mol. The predicted octanol–water partition coefficient (Wildman–Crippen LogP) is -0.222. The van der Waals surface area contributed by atoms with E-state index in [2.05, 4.69) is 0 Å². The first-order chi connectivity index (χ1) is 7.54. The van der Waals surface area contributed by atoms with Gasteiger partial charge in [0.15, 0.2) is 5.69 Å². The van der Waals surface area contributed by atoms with Gasteiger partial charge in [0.2, 0.25) is 0 Å². The molecule has 1 rings (SSSR count).